The molecule has 2 rings (SSSR count). The number of hydrogen-bond acceptors (Lipinski definition) is 4. The fourth-order valence-electron chi connectivity index (χ4n) is 2.34. The minimum atomic E-state index is -0.540. The molecule has 0 aliphatic heterocycles. The van der Waals surface area contributed by atoms with Crippen LogP contribution in [-0.2, 0) is 4.74 Å². The lowest BCUT2D eigenvalue weighted by Crippen LogP contribution is -2.33. The number of rotatable bonds is 4. The van der Waals surface area contributed by atoms with Gasteiger partial charge in [-0.3, -0.25) is 9.59 Å². The van der Waals surface area contributed by atoms with Crippen LogP contribution in [-0.4, -0.2) is 29.8 Å². The summed E-state index contributed by atoms with van der Waals surface area (Å²) in [4.78, 5) is 35.9. The summed E-state index contributed by atoms with van der Waals surface area (Å²) in [6, 6.07) is 6.82. The monoisotopic (exact) mass is 315 g/mol. The summed E-state index contributed by atoms with van der Waals surface area (Å²) in [5, 5.41) is 2.64. The van der Waals surface area contributed by atoms with Gasteiger partial charge in [0.25, 0.3) is 0 Å². The first-order valence-corrected chi connectivity index (χ1v) is 7.63. The van der Waals surface area contributed by atoms with Gasteiger partial charge in [-0.05, 0) is 39.7 Å². The number of benzene rings is 1. The van der Waals surface area contributed by atoms with Crippen LogP contribution in [0.3, 0.4) is 0 Å². The number of alkyl carbamates (subject to hydrolysis) is 1. The Morgan fingerprint density at radius 3 is 2.43 bits per heavy atom. The third-order valence-electron chi connectivity index (χ3n) is 3.33. The summed E-state index contributed by atoms with van der Waals surface area (Å²) < 4.78 is 5.13. The van der Waals surface area contributed by atoms with E-state index in [-0.39, 0.29) is 11.6 Å². The van der Waals surface area contributed by atoms with E-state index in [2.05, 4.69) is 5.32 Å². The first-order valence-electron chi connectivity index (χ1n) is 7.63. The molecule has 0 fully saturated rings. The molecule has 5 nitrogen and oxygen atoms in total. The summed E-state index contributed by atoms with van der Waals surface area (Å²) in [5.74, 6) is -0.257. The number of carbonyl (C=O) groups excluding carboxylic acids is 3. The number of hydrogen-bond donors (Lipinski definition) is 1. The second kappa shape index (κ2) is 6.77. The maximum absolute atomic E-state index is 12.3. The topological polar surface area (TPSA) is 72.5 Å². The number of allylic oxidation sites excluding steroid dienone is 2. The molecular weight excluding hydrogens is 294 g/mol. The molecule has 0 saturated carbocycles. The lowest BCUT2D eigenvalue weighted by molar-refractivity contribution is 0.0527. The summed E-state index contributed by atoms with van der Waals surface area (Å²) in [7, 11) is 0. The van der Waals surface area contributed by atoms with Crippen LogP contribution < -0.4 is 5.32 Å². The van der Waals surface area contributed by atoms with Crippen LogP contribution in [0.25, 0.3) is 0 Å². The van der Waals surface area contributed by atoms with Gasteiger partial charge < -0.3 is 10.1 Å². The number of amides is 1. The molecular formula is C18H21NO4. The summed E-state index contributed by atoms with van der Waals surface area (Å²) in [6.07, 6.45) is 1.92. The van der Waals surface area contributed by atoms with Gasteiger partial charge in [0.15, 0.2) is 11.6 Å². The van der Waals surface area contributed by atoms with Crippen molar-refractivity contribution in [3.05, 3.63) is 47.0 Å². The number of carbonyl (C=O) groups is 3. The number of Topliss-reactive ketones (excluding diaryl/α,β-unsaturated/α-hetero) is 1. The number of fused-ring (bicyclic) bond motifs is 1. The van der Waals surface area contributed by atoms with Gasteiger partial charge in [-0.1, -0.05) is 24.3 Å². The third-order valence-corrected chi connectivity index (χ3v) is 3.33. The Morgan fingerprint density at radius 2 is 1.78 bits per heavy atom. The minimum absolute atomic E-state index is 0.113. The van der Waals surface area contributed by atoms with Crippen LogP contribution in [0.1, 0.15) is 54.3 Å². The Bertz CT molecular complexity index is 668. The van der Waals surface area contributed by atoms with E-state index in [1.54, 1.807) is 45.0 Å². The van der Waals surface area contributed by atoms with Gasteiger partial charge in [-0.25, -0.2) is 4.79 Å². The first kappa shape index (κ1) is 16.9. The predicted molar refractivity (Wildman–Crippen MR) is 86.7 cm³/mol. The number of ketones is 2. The highest BCUT2D eigenvalue weighted by molar-refractivity contribution is 6.24. The van der Waals surface area contributed by atoms with E-state index in [0.717, 1.165) is 0 Å². The standard InChI is InChI=1S/C18H21NO4/c1-18(2,3)23-17(22)19-10-6-7-12-11-15(20)13-8-4-5-9-14(13)16(12)21/h4-5,8-9,11H,6-7,10H2,1-3H3,(H,19,22). The molecule has 0 atom stereocenters. The van der Waals surface area contributed by atoms with Crippen molar-refractivity contribution >= 4 is 17.7 Å². The Balaban J connectivity index is 1.87. The summed E-state index contributed by atoms with van der Waals surface area (Å²) in [5.41, 5.74) is 0.852. The fourth-order valence-corrected chi connectivity index (χ4v) is 2.34. The second-order valence-corrected chi connectivity index (χ2v) is 6.44. The smallest absolute Gasteiger partial charge is 0.407 e. The Labute approximate surface area is 135 Å². The first-order chi connectivity index (χ1) is 10.8. The van der Waals surface area contributed by atoms with Crippen molar-refractivity contribution in [2.75, 3.05) is 6.54 Å². The average molecular weight is 315 g/mol. The Morgan fingerprint density at radius 1 is 1.13 bits per heavy atom. The molecule has 1 aliphatic carbocycles. The summed E-state index contributed by atoms with van der Waals surface area (Å²) in [6.45, 7) is 5.76. The fraction of sp³-hybridized carbons (Fsp3) is 0.389. The van der Waals surface area contributed by atoms with Crippen LogP contribution in [0.4, 0.5) is 4.79 Å². The highest BCUT2D eigenvalue weighted by Gasteiger charge is 2.24. The molecule has 0 bridgehead atoms. The van der Waals surface area contributed by atoms with Crippen molar-refractivity contribution in [2.24, 2.45) is 0 Å². The van der Waals surface area contributed by atoms with Gasteiger partial charge in [0, 0.05) is 23.2 Å². The molecule has 0 heterocycles. The van der Waals surface area contributed by atoms with Crippen LogP contribution in [0.5, 0.6) is 0 Å². The molecule has 1 aliphatic rings. The molecule has 0 unspecified atom stereocenters. The van der Waals surface area contributed by atoms with Crippen molar-refractivity contribution in [1.82, 2.24) is 5.32 Å². The SMILES string of the molecule is CC(C)(C)OC(=O)NCCCC1=CC(=O)c2ccccc2C1=O. The second-order valence-electron chi connectivity index (χ2n) is 6.44. The van der Waals surface area contributed by atoms with Gasteiger partial charge in [-0.2, -0.15) is 0 Å². The zero-order valence-corrected chi connectivity index (χ0v) is 13.6. The average Bonchev–Trinajstić information content (AvgIpc) is 2.46. The van der Waals surface area contributed by atoms with E-state index >= 15 is 0 Å². The molecule has 0 aromatic heterocycles. The lowest BCUT2D eigenvalue weighted by atomic mass is 9.88. The molecule has 0 saturated heterocycles. The Hall–Kier alpha value is -2.43. The van der Waals surface area contributed by atoms with Gasteiger partial charge in [0.2, 0.25) is 0 Å². The molecule has 5 heteroatoms. The van der Waals surface area contributed by atoms with Crippen molar-refractivity contribution in [2.45, 2.75) is 39.2 Å². The Kier molecular flexibility index (Phi) is 4.98. The van der Waals surface area contributed by atoms with Crippen LogP contribution in [0, 0.1) is 0 Å². The maximum Gasteiger partial charge on any atom is 0.407 e. The zero-order chi connectivity index (χ0) is 17.0. The third kappa shape index (κ3) is 4.52. The van der Waals surface area contributed by atoms with Gasteiger partial charge in [0.1, 0.15) is 5.60 Å². The van der Waals surface area contributed by atoms with E-state index in [4.69, 9.17) is 4.74 Å². The van der Waals surface area contributed by atoms with Crippen LogP contribution in [0.2, 0.25) is 0 Å². The van der Waals surface area contributed by atoms with Gasteiger partial charge >= 0.3 is 6.09 Å². The molecule has 23 heavy (non-hydrogen) atoms. The molecule has 1 amide bonds. The van der Waals surface area contributed by atoms with Crippen molar-refractivity contribution in [1.29, 1.82) is 0 Å². The molecule has 122 valence electrons. The predicted octanol–water partition coefficient (Wildman–Crippen LogP) is 3.30. The zero-order valence-electron chi connectivity index (χ0n) is 13.6. The van der Waals surface area contributed by atoms with E-state index < -0.39 is 11.7 Å². The van der Waals surface area contributed by atoms with E-state index in [9.17, 15) is 14.4 Å². The number of ether oxygens (including phenoxy) is 1. The normalized spacial score (nSPS) is 14.1. The van der Waals surface area contributed by atoms with Crippen LogP contribution >= 0.6 is 0 Å². The van der Waals surface area contributed by atoms with Crippen LogP contribution in [0.15, 0.2) is 35.9 Å². The molecule has 0 radical (unpaired) electrons. The highest BCUT2D eigenvalue weighted by Crippen LogP contribution is 2.23. The van der Waals surface area contributed by atoms with E-state index in [1.807, 2.05) is 0 Å². The van der Waals surface area contributed by atoms with Gasteiger partial charge in [-0.15, -0.1) is 0 Å². The molecule has 1 aromatic rings. The highest BCUT2D eigenvalue weighted by atomic mass is 16.6. The largest absolute Gasteiger partial charge is 0.444 e. The van der Waals surface area contributed by atoms with E-state index in [0.29, 0.717) is 36.1 Å². The minimum Gasteiger partial charge on any atom is -0.444 e. The summed E-state index contributed by atoms with van der Waals surface area (Å²) >= 11 is 0. The molecule has 1 N–H and O–H groups in total. The molecule has 0 spiro atoms. The quantitative estimate of drug-likeness (QED) is 0.865. The van der Waals surface area contributed by atoms with Gasteiger partial charge in [0.05, 0.1) is 0 Å². The van der Waals surface area contributed by atoms with E-state index in [1.165, 1.54) is 6.08 Å². The maximum atomic E-state index is 12.3. The number of nitrogens with one attached hydrogen (secondary N) is 1. The molecule has 1 aromatic carbocycles. The van der Waals surface area contributed by atoms with Crippen molar-refractivity contribution in [3.8, 4) is 0 Å². The van der Waals surface area contributed by atoms with Crippen molar-refractivity contribution in [3.63, 3.8) is 0 Å². The van der Waals surface area contributed by atoms with Crippen molar-refractivity contribution < 1.29 is 19.1 Å². The lowest BCUT2D eigenvalue weighted by Gasteiger charge is -2.19.